The van der Waals surface area contributed by atoms with E-state index >= 15 is 0 Å². The molecule has 2 aromatic rings. The van der Waals surface area contributed by atoms with Crippen molar-refractivity contribution in [2.45, 2.75) is 45.1 Å². The number of hydrogen-bond acceptors (Lipinski definition) is 7. The number of likely N-dealkylation sites (tertiary alicyclic amines) is 1. The first kappa shape index (κ1) is 20.6. The molecule has 1 aliphatic rings. The summed E-state index contributed by atoms with van der Waals surface area (Å²) in [4.78, 5) is 36.4. The Morgan fingerprint density at radius 3 is 2.52 bits per heavy atom. The number of rotatable bonds is 2. The van der Waals surface area contributed by atoms with Gasteiger partial charge in [0.15, 0.2) is 11.2 Å². The maximum Gasteiger partial charge on any atom is 0.410 e. The molecule has 3 rings (SSSR count). The second-order valence-electron chi connectivity index (χ2n) is 7.94. The maximum absolute atomic E-state index is 13.8. The molecule has 0 radical (unpaired) electrons. The third-order valence-electron chi connectivity index (χ3n) is 4.67. The number of aromatic hydroxyl groups is 1. The van der Waals surface area contributed by atoms with E-state index in [0.29, 0.717) is 25.9 Å². The number of benzene rings is 1. The van der Waals surface area contributed by atoms with Crippen LogP contribution < -0.4 is 5.43 Å². The van der Waals surface area contributed by atoms with E-state index in [9.17, 15) is 29.2 Å². The van der Waals surface area contributed by atoms with Gasteiger partial charge < -0.3 is 19.2 Å². The highest BCUT2D eigenvalue weighted by Crippen LogP contribution is 2.38. The molecule has 0 spiro atoms. The van der Waals surface area contributed by atoms with Crippen molar-refractivity contribution in [1.29, 1.82) is 0 Å². The topological polar surface area (TPSA) is 123 Å². The number of phenols is 1. The van der Waals surface area contributed by atoms with Crippen LogP contribution in [0.2, 0.25) is 0 Å². The first-order chi connectivity index (χ1) is 13.5. The van der Waals surface area contributed by atoms with Crippen molar-refractivity contribution in [1.82, 2.24) is 4.90 Å². The highest BCUT2D eigenvalue weighted by atomic mass is 19.1. The molecule has 1 fully saturated rings. The Labute approximate surface area is 164 Å². The number of nitrogens with zero attached hydrogens (tertiary/aromatic N) is 2. The van der Waals surface area contributed by atoms with Gasteiger partial charge in [0.1, 0.15) is 11.4 Å². The zero-order valence-corrected chi connectivity index (χ0v) is 16.2. The summed E-state index contributed by atoms with van der Waals surface area (Å²) in [5.41, 5.74) is -2.70. The van der Waals surface area contributed by atoms with E-state index in [1.807, 2.05) is 0 Å². The van der Waals surface area contributed by atoms with Gasteiger partial charge in [-0.2, -0.15) is 0 Å². The number of carbonyl (C=O) groups excluding carboxylic acids is 1. The highest BCUT2D eigenvalue weighted by molar-refractivity contribution is 5.88. The Bertz CT molecular complexity index is 1030. The molecule has 29 heavy (non-hydrogen) atoms. The van der Waals surface area contributed by atoms with Crippen molar-refractivity contribution in [3.8, 4) is 5.75 Å². The number of halogens is 1. The van der Waals surface area contributed by atoms with Gasteiger partial charge in [0, 0.05) is 25.1 Å². The Hall–Kier alpha value is -3.17. The summed E-state index contributed by atoms with van der Waals surface area (Å²) < 4.78 is 24.7. The van der Waals surface area contributed by atoms with Crippen LogP contribution in [0.1, 0.15) is 45.3 Å². The van der Waals surface area contributed by atoms with E-state index in [-0.39, 0.29) is 17.1 Å². The number of piperidine rings is 1. The smallest absolute Gasteiger partial charge is 0.410 e. The maximum atomic E-state index is 13.8. The Balaban J connectivity index is 1.89. The van der Waals surface area contributed by atoms with Gasteiger partial charge in [0.2, 0.25) is 11.3 Å². The summed E-state index contributed by atoms with van der Waals surface area (Å²) in [6, 6.07) is 1.90. The van der Waals surface area contributed by atoms with Crippen LogP contribution in [0.4, 0.5) is 14.9 Å². The molecule has 0 bridgehead atoms. The number of fused-ring (bicyclic) bond motifs is 1. The van der Waals surface area contributed by atoms with Crippen LogP contribution in [-0.2, 0) is 4.74 Å². The second kappa shape index (κ2) is 7.34. The lowest BCUT2D eigenvalue weighted by Crippen LogP contribution is -2.41. The lowest BCUT2D eigenvalue weighted by atomic mass is 9.94. The monoisotopic (exact) mass is 408 g/mol. The standard InChI is InChI=1S/C19H21FN2O7/c1-19(2,3)29-18(25)21-6-4-10(5-7-21)14-9-13(23)11-8-12(20)16(24)15(22(26)27)17(11)28-14/h8-10,24H,4-7H2,1-3H3. The van der Waals surface area contributed by atoms with Gasteiger partial charge >= 0.3 is 11.8 Å². The van der Waals surface area contributed by atoms with E-state index in [1.165, 1.54) is 6.07 Å². The number of hydrogen-bond donors (Lipinski definition) is 1. The molecule has 0 saturated carbocycles. The van der Waals surface area contributed by atoms with Crippen molar-refractivity contribution in [3.05, 3.63) is 44.0 Å². The van der Waals surface area contributed by atoms with Gasteiger partial charge in [0.05, 0.1) is 10.3 Å². The SMILES string of the molecule is CC(C)(C)OC(=O)N1CCC(c2cc(=O)c3cc(F)c(O)c([N+](=O)[O-])c3o2)CC1. The molecule has 10 heteroatoms. The zero-order chi connectivity index (χ0) is 21.5. The third kappa shape index (κ3) is 4.15. The number of nitro benzene ring substituents is 1. The second-order valence-corrected chi connectivity index (χ2v) is 7.94. The molecule has 1 saturated heterocycles. The molecule has 1 amide bonds. The first-order valence-electron chi connectivity index (χ1n) is 9.09. The van der Waals surface area contributed by atoms with Gasteiger partial charge in [-0.25, -0.2) is 9.18 Å². The molecule has 156 valence electrons. The fourth-order valence-electron chi connectivity index (χ4n) is 3.29. The largest absolute Gasteiger partial charge is 0.500 e. The van der Waals surface area contributed by atoms with Gasteiger partial charge in [-0.3, -0.25) is 14.9 Å². The molecule has 2 heterocycles. The molecule has 1 aromatic carbocycles. The molecule has 9 nitrogen and oxygen atoms in total. The minimum absolute atomic E-state index is 0.195. The third-order valence-corrected chi connectivity index (χ3v) is 4.67. The predicted octanol–water partition coefficient (Wildman–Crippen LogP) is 3.66. The summed E-state index contributed by atoms with van der Waals surface area (Å²) in [6.45, 7) is 6.03. The van der Waals surface area contributed by atoms with E-state index < -0.39 is 44.9 Å². The molecule has 0 unspecified atom stereocenters. The molecular weight excluding hydrogens is 387 g/mol. The molecule has 1 N–H and O–H groups in total. The highest BCUT2D eigenvalue weighted by Gasteiger charge is 2.31. The average molecular weight is 408 g/mol. The molecular formula is C19H21FN2O7. The average Bonchev–Trinajstić information content (AvgIpc) is 2.61. The van der Waals surface area contributed by atoms with Gasteiger partial charge in [0.25, 0.3) is 0 Å². The number of nitro groups is 1. The number of ether oxygens (including phenoxy) is 1. The lowest BCUT2D eigenvalue weighted by Gasteiger charge is -2.33. The van der Waals surface area contributed by atoms with Crippen molar-refractivity contribution in [3.63, 3.8) is 0 Å². The molecule has 1 aliphatic heterocycles. The van der Waals surface area contributed by atoms with Crippen LogP contribution in [0.25, 0.3) is 11.0 Å². The van der Waals surface area contributed by atoms with Crippen LogP contribution >= 0.6 is 0 Å². The van der Waals surface area contributed by atoms with Crippen molar-refractivity contribution in [2.75, 3.05) is 13.1 Å². The zero-order valence-electron chi connectivity index (χ0n) is 16.2. The Morgan fingerprint density at radius 2 is 1.97 bits per heavy atom. The predicted molar refractivity (Wildman–Crippen MR) is 101 cm³/mol. The first-order valence-corrected chi connectivity index (χ1v) is 9.09. The molecule has 0 aliphatic carbocycles. The van der Waals surface area contributed by atoms with Crippen LogP contribution in [-0.4, -0.2) is 39.7 Å². The van der Waals surface area contributed by atoms with Gasteiger partial charge in [-0.15, -0.1) is 0 Å². The summed E-state index contributed by atoms with van der Waals surface area (Å²) >= 11 is 0. The van der Waals surface area contributed by atoms with E-state index in [0.717, 1.165) is 6.07 Å². The van der Waals surface area contributed by atoms with Crippen LogP contribution in [0.3, 0.4) is 0 Å². The Kier molecular flexibility index (Phi) is 5.20. The van der Waals surface area contributed by atoms with E-state index in [2.05, 4.69) is 0 Å². The summed E-state index contributed by atoms with van der Waals surface area (Å²) in [5.74, 6) is -2.52. The number of phenolic OH excluding ortho intramolecular Hbond substituents is 1. The van der Waals surface area contributed by atoms with Crippen LogP contribution in [0.5, 0.6) is 5.75 Å². The van der Waals surface area contributed by atoms with Gasteiger partial charge in [-0.1, -0.05) is 0 Å². The fourth-order valence-corrected chi connectivity index (χ4v) is 3.29. The van der Waals surface area contributed by atoms with Crippen LogP contribution in [0, 0.1) is 15.9 Å². The Morgan fingerprint density at radius 1 is 1.34 bits per heavy atom. The fraction of sp³-hybridized carbons (Fsp3) is 0.474. The molecule has 0 atom stereocenters. The summed E-state index contributed by atoms with van der Waals surface area (Å²) in [7, 11) is 0. The van der Waals surface area contributed by atoms with Gasteiger partial charge in [-0.05, 0) is 39.7 Å². The minimum atomic E-state index is -1.27. The summed E-state index contributed by atoms with van der Waals surface area (Å²) in [5, 5.41) is 20.7. The summed E-state index contributed by atoms with van der Waals surface area (Å²) in [6.07, 6.45) is 0.468. The lowest BCUT2D eigenvalue weighted by molar-refractivity contribution is -0.384. The quantitative estimate of drug-likeness (QED) is 0.594. The number of carbonyl (C=O) groups is 1. The van der Waals surface area contributed by atoms with Crippen LogP contribution in [0.15, 0.2) is 21.3 Å². The van der Waals surface area contributed by atoms with Crippen molar-refractivity contribution >= 4 is 22.7 Å². The van der Waals surface area contributed by atoms with Crippen molar-refractivity contribution < 1.29 is 28.4 Å². The normalized spacial score (nSPS) is 15.5. The van der Waals surface area contributed by atoms with E-state index in [1.54, 1.807) is 25.7 Å². The van der Waals surface area contributed by atoms with Crippen molar-refractivity contribution in [2.24, 2.45) is 0 Å². The minimum Gasteiger partial charge on any atom is -0.500 e. The molecule has 1 aromatic heterocycles. The number of amides is 1. The van der Waals surface area contributed by atoms with E-state index in [4.69, 9.17) is 9.15 Å².